The van der Waals surface area contributed by atoms with Gasteiger partial charge in [-0.1, -0.05) is 48.9 Å². The van der Waals surface area contributed by atoms with Crippen LogP contribution < -0.4 is 16.3 Å². The molecule has 194 valence electrons. The number of anilines is 1. The van der Waals surface area contributed by atoms with Gasteiger partial charge < -0.3 is 10.3 Å². The number of fused-ring (bicyclic) bond motifs is 2. The molecule has 3 heterocycles. The van der Waals surface area contributed by atoms with Crippen LogP contribution in [-0.2, 0) is 9.73 Å². The molecule has 3 aromatic heterocycles. The SMILES string of the molecule is CCC[S@@](=N)(=O)c1cccc2c(Cl)c([C@H](C)Nc3ncnc4[nH]ccc(=O)c34)n(-c3ccccc3)c(=O)c12. The Balaban J connectivity index is 1.80. The van der Waals surface area contributed by atoms with Crippen molar-refractivity contribution in [2.75, 3.05) is 11.1 Å². The van der Waals surface area contributed by atoms with Crippen LogP contribution in [0.15, 0.2) is 81.6 Å². The zero-order valence-electron chi connectivity index (χ0n) is 20.7. The van der Waals surface area contributed by atoms with Gasteiger partial charge in [-0.05, 0) is 31.5 Å². The van der Waals surface area contributed by atoms with Crippen molar-refractivity contribution in [1.29, 1.82) is 4.78 Å². The normalized spacial score (nSPS) is 13.9. The number of nitrogens with zero attached hydrogens (tertiary/aromatic N) is 3. The van der Waals surface area contributed by atoms with Crippen LogP contribution in [0.4, 0.5) is 5.82 Å². The number of hydrogen-bond donors (Lipinski definition) is 3. The zero-order valence-corrected chi connectivity index (χ0v) is 22.3. The van der Waals surface area contributed by atoms with Gasteiger partial charge in [-0.3, -0.25) is 14.2 Å². The van der Waals surface area contributed by atoms with Crippen LogP contribution in [0.2, 0.25) is 5.02 Å². The van der Waals surface area contributed by atoms with Gasteiger partial charge in [0.2, 0.25) is 0 Å². The van der Waals surface area contributed by atoms with E-state index in [-0.39, 0.29) is 31.9 Å². The number of aromatic nitrogens is 4. The summed E-state index contributed by atoms with van der Waals surface area (Å²) >= 11 is 7.02. The van der Waals surface area contributed by atoms with Crippen molar-refractivity contribution in [3.8, 4) is 5.69 Å². The standard InChI is InChI=1S/C27H25ClN6O3S/c1-3-14-38(29,37)20-11-7-10-18-21(20)27(36)34(17-8-5-4-6-9-17)24(23(18)28)16(2)33-26-22-19(35)12-13-30-25(22)31-15-32-26/h4-13,15-16,29H,3,14H2,1-2H3,(H2,30,31,32,33,35)/t16-,38+/m0/s1. The van der Waals surface area contributed by atoms with E-state index in [0.29, 0.717) is 34.7 Å². The highest BCUT2D eigenvalue weighted by Gasteiger charge is 2.26. The van der Waals surface area contributed by atoms with Crippen molar-refractivity contribution >= 4 is 49.0 Å². The van der Waals surface area contributed by atoms with E-state index in [2.05, 4.69) is 20.3 Å². The average Bonchev–Trinajstić information content (AvgIpc) is 2.90. The number of rotatable bonds is 7. The maximum Gasteiger partial charge on any atom is 0.264 e. The number of benzene rings is 2. The fourth-order valence-electron chi connectivity index (χ4n) is 4.67. The molecule has 0 saturated carbocycles. The van der Waals surface area contributed by atoms with Crippen LogP contribution in [0.5, 0.6) is 0 Å². The molecule has 11 heteroatoms. The number of hydrogen-bond acceptors (Lipinski definition) is 7. The third kappa shape index (κ3) is 4.35. The lowest BCUT2D eigenvalue weighted by Crippen LogP contribution is -2.27. The number of nitrogens with one attached hydrogen (secondary N) is 3. The summed E-state index contributed by atoms with van der Waals surface area (Å²) in [6.45, 7) is 3.66. The summed E-state index contributed by atoms with van der Waals surface area (Å²) < 4.78 is 23.4. The molecular formula is C27H25ClN6O3S. The van der Waals surface area contributed by atoms with Gasteiger partial charge in [0.05, 0.1) is 36.8 Å². The van der Waals surface area contributed by atoms with Crippen LogP contribution >= 0.6 is 11.6 Å². The number of para-hydroxylation sites is 1. The van der Waals surface area contributed by atoms with E-state index < -0.39 is 21.3 Å². The molecule has 0 fully saturated rings. The molecule has 0 radical (unpaired) electrons. The molecule has 0 unspecified atom stereocenters. The predicted molar refractivity (Wildman–Crippen MR) is 151 cm³/mol. The van der Waals surface area contributed by atoms with Gasteiger partial charge in [0.1, 0.15) is 23.2 Å². The molecule has 9 nitrogen and oxygen atoms in total. The molecule has 38 heavy (non-hydrogen) atoms. The summed E-state index contributed by atoms with van der Waals surface area (Å²) in [6.07, 6.45) is 3.38. The second-order valence-electron chi connectivity index (χ2n) is 8.89. The van der Waals surface area contributed by atoms with E-state index in [4.69, 9.17) is 16.4 Å². The van der Waals surface area contributed by atoms with Crippen molar-refractivity contribution in [3.05, 3.63) is 98.4 Å². The van der Waals surface area contributed by atoms with Gasteiger partial charge in [0.15, 0.2) is 5.43 Å². The van der Waals surface area contributed by atoms with Crippen LogP contribution in [0, 0.1) is 4.78 Å². The topological polar surface area (TPSA) is 134 Å². The summed E-state index contributed by atoms with van der Waals surface area (Å²) in [7, 11) is -3.23. The first kappa shape index (κ1) is 25.6. The highest BCUT2D eigenvalue weighted by atomic mass is 35.5. The predicted octanol–water partition coefficient (Wildman–Crippen LogP) is 5.26. The number of aromatic amines is 1. The third-order valence-electron chi connectivity index (χ3n) is 6.32. The molecule has 0 aliphatic carbocycles. The Hall–Kier alpha value is -4.02. The molecule has 0 amide bonds. The second-order valence-corrected chi connectivity index (χ2v) is 11.5. The van der Waals surface area contributed by atoms with Gasteiger partial charge in [-0.15, -0.1) is 0 Å². The van der Waals surface area contributed by atoms with Crippen molar-refractivity contribution < 1.29 is 4.21 Å². The summed E-state index contributed by atoms with van der Waals surface area (Å²) in [6, 6.07) is 14.7. The van der Waals surface area contributed by atoms with Gasteiger partial charge in [-0.25, -0.2) is 19.0 Å². The van der Waals surface area contributed by atoms with Gasteiger partial charge in [-0.2, -0.15) is 0 Å². The molecule has 0 aliphatic heterocycles. The van der Waals surface area contributed by atoms with Gasteiger partial charge >= 0.3 is 0 Å². The van der Waals surface area contributed by atoms with Crippen LogP contribution in [-0.4, -0.2) is 29.5 Å². The zero-order chi connectivity index (χ0) is 27.0. The number of pyridine rings is 2. The Morgan fingerprint density at radius 1 is 1.08 bits per heavy atom. The van der Waals surface area contributed by atoms with Gasteiger partial charge in [0, 0.05) is 29.1 Å². The summed E-state index contributed by atoms with van der Waals surface area (Å²) in [4.78, 5) is 38.3. The average molecular weight is 549 g/mol. The maximum atomic E-state index is 14.2. The first-order chi connectivity index (χ1) is 18.2. The Morgan fingerprint density at radius 2 is 1.84 bits per heavy atom. The van der Waals surface area contributed by atoms with E-state index in [9.17, 15) is 13.8 Å². The third-order valence-corrected chi connectivity index (χ3v) is 8.75. The highest BCUT2D eigenvalue weighted by molar-refractivity contribution is 7.92. The van der Waals surface area contributed by atoms with Crippen LogP contribution in [0.3, 0.4) is 0 Å². The minimum atomic E-state index is -3.23. The second kappa shape index (κ2) is 10.0. The molecule has 2 atom stereocenters. The van der Waals surface area contributed by atoms with Gasteiger partial charge in [0.25, 0.3) is 5.56 Å². The molecule has 0 spiro atoms. The number of halogens is 1. The quantitative estimate of drug-likeness (QED) is 0.254. The lowest BCUT2D eigenvalue weighted by atomic mass is 10.1. The fraction of sp³-hybridized carbons (Fsp3) is 0.185. The van der Waals surface area contributed by atoms with Crippen molar-refractivity contribution in [2.24, 2.45) is 0 Å². The largest absolute Gasteiger partial charge is 0.361 e. The Morgan fingerprint density at radius 3 is 2.58 bits per heavy atom. The Labute approximate surface area is 223 Å². The maximum absolute atomic E-state index is 14.2. The van der Waals surface area contributed by atoms with Crippen LogP contribution in [0.25, 0.3) is 27.5 Å². The van der Waals surface area contributed by atoms with E-state index in [1.807, 2.05) is 19.9 Å². The van der Waals surface area contributed by atoms with Crippen LogP contribution in [0.1, 0.15) is 32.0 Å². The summed E-state index contributed by atoms with van der Waals surface area (Å²) in [5, 5.41) is 4.36. The van der Waals surface area contributed by atoms with Crippen molar-refractivity contribution in [2.45, 2.75) is 31.2 Å². The Bertz CT molecular complexity index is 1900. The Kier molecular flexibility index (Phi) is 6.77. The molecular weight excluding hydrogens is 524 g/mol. The summed E-state index contributed by atoms with van der Waals surface area (Å²) in [5.74, 6) is 0.419. The van der Waals surface area contributed by atoms with Crippen molar-refractivity contribution in [1.82, 2.24) is 19.5 Å². The monoisotopic (exact) mass is 548 g/mol. The van der Waals surface area contributed by atoms with E-state index in [1.165, 1.54) is 23.2 Å². The first-order valence-corrected chi connectivity index (χ1v) is 14.1. The minimum Gasteiger partial charge on any atom is -0.361 e. The number of H-pyrrole nitrogens is 1. The molecule has 0 bridgehead atoms. The fourth-order valence-corrected chi connectivity index (χ4v) is 6.70. The minimum absolute atomic E-state index is 0.129. The molecule has 5 aromatic rings. The first-order valence-electron chi connectivity index (χ1n) is 12.0. The molecule has 3 N–H and O–H groups in total. The highest BCUT2D eigenvalue weighted by Crippen LogP contribution is 2.35. The smallest absolute Gasteiger partial charge is 0.264 e. The molecule has 2 aromatic carbocycles. The molecule has 0 saturated heterocycles. The molecule has 0 aliphatic rings. The lowest BCUT2D eigenvalue weighted by molar-refractivity contribution is 0.673. The van der Waals surface area contributed by atoms with E-state index >= 15 is 0 Å². The van der Waals surface area contributed by atoms with E-state index in [0.717, 1.165) is 0 Å². The lowest BCUT2D eigenvalue weighted by Gasteiger charge is -2.24. The van der Waals surface area contributed by atoms with E-state index in [1.54, 1.807) is 42.5 Å². The molecule has 5 rings (SSSR count). The summed E-state index contributed by atoms with van der Waals surface area (Å²) in [5.41, 5.74) is 0.662. The van der Waals surface area contributed by atoms with Crippen molar-refractivity contribution in [3.63, 3.8) is 0 Å².